The Morgan fingerprint density at radius 2 is 2.35 bits per heavy atom. The molecule has 5 nitrogen and oxygen atoms in total. The van der Waals surface area contributed by atoms with Gasteiger partial charge in [0.2, 0.25) is 0 Å². The van der Waals surface area contributed by atoms with E-state index in [0.29, 0.717) is 48.1 Å². The molecule has 0 aliphatic carbocycles. The van der Waals surface area contributed by atoms with E-state index in [1.807, 2.05) is 0 Å². The van der Waals surface area contributed by atoms with E-state index in [2.05, 4.69) is 10.1 Å². The zero-order chi connectivity index (χ0) is 12.4. The second-order valence-electron chi connectivity index (χ2n) is 4.05. The van der Waals surface area contributed by atoms with Crippen LogP contribution in [0.2, 0.25) is 0 Å². The Morgan fingerprint density at radius 3 is 3.00 bits per heavy atom. The van der Waals surface area contributed by atoms with Crippen LogP contribution >= 0.6 is 11.6 Å². The highest BCUT2D eigenvalue weighted by molar-refractivity contribution is 6.18. The van der Waals surface area contributed by atoms with E-state index >= 15 is 0 Å². The second-order valence-corrected chi connectivity index (χ2v) is 4.42. The summed E-state index contributed by atoms with van der Waals surface area (Å²) >= 11 is 5.68. The molecule has 1 aromatic rings. The van der Waals surface area contributed by atoms with E-state index in [0.717, 1.165) is 6.42 Å². The lowest BCUT2D eigenvalue weighted by atomic mass is 10.1. The summed E-state index contributed by atoms with van der Waals surface area (Å²) in [5, 5.41) is 12.1. The van der Waals surface area contributed by atoms with E-state index in [1.54, 1.807) is 11.5 Å². The highest BCUT2D eigenvalue weighted by Gasteiger charge is 2.21. The maximum absolute atomic E-state index is 12.2. The summed E-state index contributed by atoms with van der Waals surface area (Å²) in [5.74, 6) is 0.887. The molecule has 2 rings (SSSR count). The van der Waals surface area contributed by atoms with Crippen LogP contribution in [0.1, 0.15) is 29.9 Å². The van der Waals surface area contributed by atoms with Crippen LogP contribution in [0, 0.1) is 6.92 Å². The summed E-state index contributed by atoms with van der Waals surface area (Å²) in [7, 11) is 0. The molecular formula is C11H14ClN3O2. The van der Waals surface area contributed by atoms with Crippen LogP contribution in [-0.4, -0.2) is 26.4 Å². The van der Waals surface area contributed by atoms with Gasteiger partial charge in [0.05, 0.1) is 0 Å². The summed E-state index contributed by atoms with van der Waals surface area (Å²) in [6, 6.07) is 0. The van der Waals surface area contributed by atoms with Crippen LogP contribution in [0.15, 0.2) is 9.95 Å². The van der Waals surface area contributed by atoms with Crippen molar-refractivity contribution in [2.75, 3.05) is 5.88 Å². The lowest BCUT2D eigenvalue weighted by Crippen LogP contribution is -2.35. The van der Waals surface area contributed by atoms with Gasteiger partial charge in [-0.25, -0.2) is 4.98 Å². The van der Waals surface area contributed by atoms with Gasteiger partial charge < -0.3 is 5.21 Å². The van der Waals surface area contributed by atoms with Crippen molar-refractivity contribution in [3.8, 4) is 0 Å². The highest BCUT2D eigenvalue weighted by atomic mass is 35.5. The molecule has 0 fully saturated rings. The first-order chi connectivity index (χ1) is 8.19. The molecule has 1 aromatic heterocycles. The third-order valence-corrected chi connectivity index (χ3v) is 3.18. The molecule has 0 aromatic carbocycles. The summed E-state index contributed by atoms with van der Waals surface area (Å²) in [5.41, 5.74) is 1.75. The van der Waals surface area contributed by atoms with Gasteiger partial charge in [0, 0.05) is 23.7 Å². The molecular weight excluding hydrogens is 242 g/mol. The van der Waals surface area contributed by atoms with Gasteiger partial charge in [0.25, 0.3) is 5.56 Å². The normalized spacial score (nSPS) is 17.2. The van der Waals surface area contributed by atoms with E-state index in [1.165, 1.54) is 0 Å². The predicted octanol–water partition coefficient (Wildman–Crippen LogP) is 1.31. The quantitative estimate of drug-likeness (QED) is 0.492. The van der Waals surface area contributed by atoms with Crippen LogP contribution in [-0.2, 0) is 13.0 Å². The Balaban J connectivity index is 2.63. The number of aryl methyl sites for hydroxylation is 1. The summed E-state index contributed by atoms with van der Waals surface area (Å²) in [6.45, 7) is 2.41. The first-order valence-corrected chi connectivity index (χ1v) is 6.10. The number of aromatic nitrogens is 2. The van der Waals surface area contributed by atoms with Gasteiger partial charge in [-0.2, -0.15) is 0 Å². The smallest absolute Gasteiger partial charge is 0.257 e. The van der Waals surface area contributed by atoms with Crippen molar-refractivity contribution in [3.63, 3.8) is 0 Å². The molecule has 92 valence electrons. The van der Waals surface area contributed by atoms with E-state index < -0.39 is 0 Å². The van der Waals surface area contributed by atoms with Crippen molar-refractivity contribution < 1.29 is 5.21 Å². The average Bonchev–Trinajstić information content (AvgIpc) is 2.34. The van der Waals surface area contributed by atoms with Crippen LogP contribution in [0.4, 0.5) is 0 Å². The number of alkyl halides is 1. The minimum absolute atomic E-state index is 0.0611. The largest absolute Gasteiger partial charge is 0.411 e. The van der Waals surface area contributed by atoms with Gasteiger partial charge in [-0.3, -0.25) is 9.36 Å². The SMILES string of the molecule is Cc1nc2n(c(=O)c1CCCl)CCC/C2=N\O. The molecule has 1 aliphatic rings. The van der Waals surface area contributed by atoms with Crippen molar-refractivity contribution in [3.05, 3.63) is 27.4 Å². The van der Waals surface area contributed by atoms with Crippen LogP contribution in [0.3, 0.4) is 0 Å². The fraction of sp³-hybridized carbons (Fsp3) is 0.545. The molecule has 0 bridgehead atoms. The third-order valence-electron chi connectivity index (χ3n) is 2.99. The summed E-state index contributed by atoms with van der Waals surface area (Å²) in [6.07, 6.45) is 1.96. The molecule has 0 atom stereocenters. The Kier molecular flexibility index (Phi) is 3.47. The second kappa shape index (κ2) is 4.87. The monoisotopic (exact) mass is 255 g/mol. The minimum atomic E-state index is -0.0611. The molecule has 6 heteroatoms. The van der Waals surface area contributed by atoms with Crippen molar-refractivity contribution in [2.24, 2.45) is 5.16 Å². The molecule has 0 saturated carbocycles. The lowest BCUT2D eigenvalue weighted by molar-refractivity contribution is 0.315. The number of hydrogen-bond acceptors (Lipinski definition) is 4. The van der Waals surface area contributed by atoms with Gasteiger partial charge >= 0.3 is 0 Å². The third kappa shape index (κ3) is 2.07. The molecule has 0 spiro atoms. The van der Waals surface area contributed by atoms with Gasteiger partial charge in [0.1, 0.15) is 5.71 Å². The maximum atomic E-state index is 12.2. The molecule has 17 heavy (non-hydrogen) atoms. The Hall–Kier alpha value is -1.36. The molecule has 0 saturated heterocycles. The Labute approximate surface area is 104 Å². The first kappa shape index (κ1) is 12.1. The lowest BCUT2D eigenvalue weighted by Gasteiger charge is -2.19. The van der Waals surface area contributed by atoms with Gasteiger partial charge in [-0.05, 0) is 26.2 Å². The van der Waals surface area contributed by atoms with Gasteiger partial charge in [-0.1, -0.05) is 5.16 Å². The Bertz CT molecular complexity index is 522. The van der Waals surface area contributed by atoms with Crippen molar-refractivity contribution in [1.82, 2.24) is 9.55 Å². The molecule has 1 N–H and O–H groups in total. The number of oxime groups is 1. The number of halogens is 1. The van der Waals surface area contributed by atoms with Crippen LogP contribution < -0.4 is 5.56 Å². The molecule has 2 heterocycles. The topological polar surface area (TPSA) is 67.5 Å². The average molecular weight is 256 g/mol. The molecule has 1 aliphatic heterocycles. The molecule has 0 radical (unpaired) electrons. The Morgan fingerprint density at radius 1 is 1.59 bits per heavy atom. The van der Waals surface area contributed by atoms with Crippen molar-refractivity contribution in [2.45, 2.75) is 32.7 Å². The van der Waals surface area contributed by atoms with Crippen LogP contribution in [0.5, 0.6) is 0 Å². The molecule has 0 amide bonds. The van der Waals surface area contributed by atoms with Gasteiger partial charge in [0.15, 0.2) is 5.82 Å². The van der Waals surface area contributed by atoms with Gasteiger partial charge in [-0.15, -0.1) is 11.6 Å². The maximum Gasteiger partial charge on any atom is 0.257 e. The fourth-order valence-corrected chi connectivity index (χ4v) is 2.31. The van der Waals surface area contributed by atoms with E-state index in [4.69, 9.17) is 16.8 Å². The van der Waals surface area contributed by atoms with E-state index in [9.17, 15) is 4.79 Å². The number of rotatable bonds is 2. The first-order valence-electron chi connectivity index (χ1n) is 5.56. The standard InChI is InChI=1S/C11H14ClN3O2/c1-7-8(4-5-12)11(16)15-6-2-3-9(14-17)10(15)13-7/h17H,2-6H2,1H3/b14-9+. The number of nitrogens with zero attached hydrogens (tertiary/aromatic N) is 3. The molecule has 0 unspecified atom stereocenters. The minimum Gasteiger partial charge on any atom is -0.411 e. The van der Waals surface area contributed by atoms with Crippen molar-refractivity contribution in [1.29, 1.82) is 0 Å². The summed E-state index contributed by atoms with van der Waals surface area (Å²) < 4.78 is 1.58. The highest BCUT2D eigenvalue weighted by Crippen LogP contribution is 2.13. The fourth-order valence-electron chi connectivity index (χ4n) is 2.12. The summed E-state index contributed by atoms with van der Waals surface area (Å²) in [4.78, 5) is 16.6. The zero-order valence-corrected chi connectivity index (χ0v) is 10.4. The van der Waals surface area contributed by atoms with E-state index in [-0.39, 0.29) is 5.56 Å². The van der Waals surface area contributed by atoms with Crippen molar-refractivity contribution >= 4 is 17.3 Å². The zero-order valence-electron chi connectivity index (χ0n) is 9.61. The number of hydrogen-bond donors (Lipinski definition) is 1. The predicted molar refractivity (Wildman–Crippen MR) is 65.2 cm³/mol. The van der Waals surface area contributed by atoms with Crippen LogP contribution in [0.25, 0.3) is 0 Å². The number of fused-ring (bicyclic) bond motifs is 1.